The minimum absolute atomic E-state index is 0.272. The molecule has 7 heteroatoms. The maximum Gasteiger partial charge on any atom is 0.305 e. The third kappa shape index (κ3) is 3.19. The molecular weight excluding hydrogens is 238 g/mol. The molecule has 3 unspecified atom stereocenters. The number of hydrogen-bond donors (Lipinski definition) is 3. The molecule has 3 atom stereocenters. The first-order chi connectivity index (χ1) is 8.34. The Morgan fingerprint density at radius 3 is 2.67 bits per heavy atom. The standard InChI is InChI=1S/C11H19N3O4/c1-6(7(2)12)11(18)14-4-3-13-10(17)8(14)5-9(15)16/h6-8H,3-5,12H2,1-2H3,(H,13,17)(H,15,16). The Morgan fingerprint density at radius 1 is 1.56 bits per heavy atom. The molecule has 1 fully saturated rings. The number of carboxylic acid groups (broad SMARTS) is 1. The summed E-state index contributed by atoms with van der Waals surface area (Å²) in [6.07, 6.45) is -0.386. The Balaban J connectivity index is 2.85. The van der Waals surface area contributed by atoms with Crippen LogP contribution < -0.4 is 11.1 Å². The van der Waals surface area contributed by atoms with Crippen molar-refractivity contribution < 1.29 is 19.5 Å². The van der Waals surface area contributed by atoms with Gasteiger partial charge in [0.2, 0.25) is 11.8 Å². The smallest absolute Gasteiger partial charge is 0.305 e. The Kier molecular flexibility index (Phi) is 4.66. The summed E-state index contributed by atoms with van der Waals surface area (Å²) < 4.78 is 0. The fraction of sp³-hybridized carbons (Fsp3) is 0.727. The molecule has 4 N–H and O–H groups in total. The second kappa shape index (κ2) is 5.81. The lowest BCUT2D eigenvalue weighted by atomic mass is 10.00. The molecule has 0 spiro atoms. The van der Waals surface area contributed by atoms with E-state index in [1.165, 1.54) is 4.90 Å². The molecule has 1 aliphatic heterocycles. The molecule has 0 aliphatic carbocycles. The van der Waals surface area contributed by atoms with E-state index in [2.05, 4.69) is 5.32 Å². The van der Waals surface area contributed by atoms with E-state index in [-0.39, 0.29) is 18.4 Å². The van der Waals surface area contributed by atoms with Gasteiger partial charge in [-0.05, 0) is 6.92 Å². The molecule has 0 aromatic rings. The number of carbonyl (C=O) groups excluding carboxylic acids is 2. The average molecular weight is 257 g/mol. The van der Waals surface area contributed by atoms with E-state index in [0.29, 0.717) is 13.1 Å². The first-order valence-corrected chi connectivity index (χ1v) is 5.90. The van der Waals surface area contributed by atoms with E-state index in [9.17, 15) is 14.4 Å². The summed E-state index contributed by atoms with van der Waals surface area (Å²) in [7, 11) is 0. The zero-order chi connectivity index (χ0) is 13.9. The highest BCUT2D eigenvalue weighted by Crippen LogP contribution is 2.14. The fourth-order valence-electron chi connectivity index (χ4n) is 1.83. The number of nitrogens with zero attached hydrogens (tertiary/aromatic N) is 1. The van der Waals surface area contributed by atoms with Crippen molar-refractivity contribution in [2.75, 3.05) is 13.1 Å². The lowest BCUT2D eigenvalue weighted by Crippen LogP contribution is -2.59. The average Bonchev–Trinajstić information content (AvgIpc) is 2.29. The summed E-state index contributed by atoms with van der Waals surface area (Å²) >= 11 is 0. The molecule has 0 aromatic carbocycles. The molecule has 0 bridgehead atoms. The number of carbonyl (C=O) groups is 3. The van der Waals surface area contributed by atoms with Crippen LogP contribution in [0.3, 0.4) is 0 Å². The van der Waals surface area contributed by atoms with Crippen molar-refractivity contribution in [2.45, 2.75) is 32.4 Å². The van der Waals surface area contributed by atoms with Crippen molar-refractivity contribution >= 4 is 17.8 Å². The first-order valence-electron chi connectivity index (χ1n) is 5.90. The van der Waals surface area contributed by atoms with Gasteiger partial charge in [0.05, 0.1) is 12.3 Å². The number of hydrogen-bond acceptors (Lipinski definition) is 4. The first kappa shape index (κ1) is 14.4. The van der Waals surface area contributed by atoms with Crippen molar-refractivity contribution in [2.24, 2.45) is 11.7 Å². The van der Waals surface area contributed by atoms with Gasteiger partial charge in [0.15, 0.2) is 0 Å². The molecule has 18 heavy (non-hydrogen) atoms. The van der Waals surface area contributed by atoms with Gasteiger partial charge >= 0.3 is 5.97 Å². The van der Waals surface area contributed by atoms with Crippen LogP contribution in [0.4, 0.5) is 0 Å². The van der Waals surface area contributed by atoms with Gasteiger partial charge < -0.3 is 21.1 Å². The molecule has 0 saturated carbocycles. The summed E-state index contributed by atoms with van der Waals surface area (Å²) in [5.74, 6) is -2.24. The van der Waals surface area contributed by atoms with E-state index in [4.69, 9.17) is 10.8 Å². The van der Waals surface area contributed by atoms with Crippen molar-refractivity contribution in [3.05, 3.63) is 0 Å². The van der Waals surface area contributed by atoms with Gasteiger partial charge in [-0.3, -0.25) is 14.4 Å². The molecule has 7 nitrogen and oxygen atoms in total. The Bertz CT molecular complexity index is 356. The molecule has 1 aliphatic rings. The minimum Gasteiger partial charge on any atom is -0.481 e. The zero-order valence-corrected chi connectivity index (χ0v) is 10.5. The van der Waals surface area contributed by atoms with E-state index < -0.39 is 23.8 Å². The van der Waals surface area contributed by atoms with Crippen LogP contribution in [0, 0.1) is 5.92 Å². The van der Waals surface area contributed by atoms with Crippen molar-refractivity contribution in [1.82, 2.24) is 10.2 Å². The maximum atomic E-state index is 12.1. The third-order valence-electron chi connectivity index (χ3n) is 3.16. The molecular formula is C11H19N3O4. The third-order valence-corrected chi connectivity index (χ3v) is 3.16. The van der Waals surface area contributed by atoms with Gasteiger partial charge in [-0.1, -0.05) is 6.92 Å². The molecule has 0 radical (unpaired) electrons. The predicted molar refractivity (Wildman–Crippen MR) is 63.6 cm³/mol. The van der Waals surface area contributed by atoms with Gasteiger partial charge in [-0.15, -0.1) is 0 Å². The van der Waals surface area contributed by atoms with Crippen molar-refractivity contribution in [3.8, 4) is 0 Å². The lowest BCUT2D eigenvalue weighted by Gasteiger charge is -2.36. The highest BCUT2D eigenvalue weighted by atomic mass is 16.4. The summed E-state index contributed by atoms with van der Waals surface area (Å²) in [5.41, 5.74) is 5.66. The number of carboxylic acids is 1. The van der Waals surface area contributed by atoms with E-state index in [0.717, 1.165) is 0 Å². The molecule has 1 heterocycles. The molecule has 1 saturated heterocycles. The van der Waals surface area contributed by atoms with Crippen LogP contribution in [0.5, 0.6) is 0 Å². The molecule has 102 valence electrons. The van der Waals surface area contributed by atoms with Gasteiger partial charge in [0.25, 0.3) is 0 Å². The normalized spacial score (nSPS) is 23.2. The molecule has 2 amide bonds. The summed E-state index contributed by atoms with van der Waals surface area (Å²) in [5, 5.41) is 11.4. The summed E-state index contributed by atoms with van der Waals surface area (Å²) in [4.78, 5) is 35.9. The van der Waals surface area contributed by atoms with Gasteiger partial charge in [-0.2, -0.15) is 0 Å². The number of amides is 2. The van der Waals surface area contributed by atoms with Crippen LogP contribution in [-0.4, -0.2) is 53.0 Å². The second-order valence-electron chi connectivity index (χ2n) is 4.58. The Hall–Kier alpha value is -1.63. The van der Waals surface area contributed by atoms with Crippen molar-refractivity contribution in [3.63, 3.8) is 0 Å². The number of nitrogens with one attached hydrogen (secondary N) is 1. The largest absolute Gasteiger partial charge is 0.481 e. The van der Waals surface area contributed by atoms with Gasteiger partial charge in [0.1, 0.15) is 6.04 Å². The maximum absolute atomic E-state index is 12.1. The molecule has 0 aromatic heterocycles. The monoisotopic (exact) mass is 257 g/mol. The zero-order valence-electron chi connectivity index (χ0n) is 10.5. The van der Waals surface area contributed by atoms with Crippen molar-refractivity contribution in [1.29, 1.82) is 0 Å². The quantitative estimate of drug-likeness (QED) is 0.584. The Labute approximate surface area is 105 Å². The van der Waals surface area contributed by atoms with Crippen LogP contribution >= 0.6 is 0 Å². The van der Waals surface area contributed by atoms with E-state index in [1.807, 2.05) is 0 Å². The summed E-state index contributed by atoms with van der Waals surface area (Å²) in [6.45, 7) is 4.04. The van der Waals surface area contributed by atoms with Gasteiger partial charge in [0, 0.05) is 19.1 Å². The number of piperazine rings is 1. The van der Waals surface area contributed by atoms with E-state index >= 15 is 0 Å². The fourth-order valence-corrected chi connectivity index (χ4v) is 1.83. The van der Waals surface area contributed by atoms with Gasteiger partial charge in [-0.25, -0.2) is 0 Å². The topological polar surface area (TPSA) is 113 Å². The van der Waals surface area contributed by atoms with E-state index in [1.54, 1.807) is 13.8 Å². The van der Waals surface area contributed by atoms with Crippen LogP contribution in [0.25, 0.3) is 0 Å². The van der Waals surface area contributed by atoms with Crippen LogP contribution in [0.2, 0.25) is 0 Å². The second-order valence-corrected chi connectivity index (χ2v) is 4.58. The lowest BCUT2D eigenvalue weighted by molar-refractivity contribution is -0.150. The molecule has 1 rings (SSSR count). The number of aliphatic carboxylic acids is 1. The Morgan fingerprint density at radius 2 is 2.17 bits per heavy atom. The number of nitrogens with two attached hydrogens (primary N) is 1. The highest BCUT2D eigenvalue weighted by Gasteiger charge is 2.36. The van der Waals surface area contributed by atoms with Crippen LogP contribution in [-0.2, 0) is 14.4 Å². The number of rotatable bonds is 4. The SMILES string of the molecule is CC(N)C(C)C(=O)N1CCNC(=O)C1CC(=O)O. The predicted octanol–water partition coefficient (Wildman–Crippen LogP) is -1.23. The van der Waals surface area contributed by atoms with Crippen LogP contribution in [0.1, 0.15) is 20.3 Å². The summed E-state index contributed by atoms with van der Waals surface area (Å²) in [6, 6.07) is -1.28. The minimum atomic E-state index is -1.11. The highest BCUT2D eigenvalue weighted by molar-refractivity contribution is 5.92. The van der Waals surface area contributed by atoms with Crippen LogP contribution in [0.15, 0.2) is 0 Å².